The molecule has 146 valence electrons. The average Bonchev–Trinajstić information content (AvgIpc) is 3.34. The number of hydrogen-bond donors (Lipinski definition) is 0. The van der Waals surface area contributed by atoms with Crippen molar-refractivity contribution in [3.05, 3.63) is 59.4 Å². The Bertz CT molecular complexity index is 931. The Morgan fingerprint density at radius 3 is 2.82 bits per heavy atom. The molecule has 2 aliphatic rings. The maximum Gasteiger partial charge on any atom is 0.257 e. The Hall–Kier alpha value is -2.93. The summed E-state index contributed by atoms with van der Waals surface area (Å²) in [6.45, 7) is 3.16. The third-order valence-electron chi connectivity index (χ3n) is 5.08. The minimum absolute atomic E-state index is 0.127. The maximum absolute atomic E-state index is 14.3. The van der Waals surface area contributed by atoms with Crippen LogP contribution in [0.4, 0.5) is 4.39 Å². The number of hydrazone groups is 1. The molecule has 7 heteroatoms. The fraction of sp³-hybridized carbons (Fsp3) is 0.333. The molecule has 0 fully saturated rings. The van der Waals surface area contributed by atoms with Crippen LogP contribution in [0.2, 0.25) is 0 Å². The smallest absolute Gasteiger partial charge is 0.257 e. The minimum atomic E-state index is -0.342. The van der Waals surface area contributed by atoms with E-state index in [9.17, 15) is 9.18 Å². The molecule has 0 bridgehead atoms. The van der Waals surface area contributed by atoms with Gasteiger partial charge in [0.1, 0.15) is 5.82 Å². The monoisotopic (exact) mass is 383 g/mol. The van der Waals surface area contributed by atoms with Gasteiger partial charge in [0.05, 0.1) is 18.3 Å². The topological polar surface area (TPSA) is 54.4 Å². The molecule has 2 aromatic rings. The Labute approximate surface area is 163 Å². The first-order valence-corrected chi connectivity index (χ1v) is 9.29. The lowest BCUT2D eigenvalue weighted by molar-refractivity contribution is -0.133. The van der Waals surface area contributed by atoms with Gasteiger partial charge in [-0.25, -0.2) is 9.40 Å². The number of amides is 1. The van der Waals surface area contributed by atoms with Gasteiger partial charge in [0.15, 0.2) is 11.5 Å². The molecule has 0 saturated carbocycles. The molecule has 0 radical (unpaired) electrons. The molecule has 2 aliphatic heterocycles. The van der Waals surface area contributed by atoms with Crippen LogP contribution in [-0.2, 0) is 4.79 Å². The molecule has 0 aromatic heterocycles. The lowest BCUT2D eigenvalue weighted by Crippen LogP contribution is -2.36. The van der Waals surface area contributed by atoms with Crippen molar-refractivity contribution in [2.24, 2.45) is 5.10 Å². The number of carbonyl (C=O) groups is 1. The molecule has 4 rings (SSSR count). The third-order valence-corrected chi connectivity index (χ3v) is 5.08. The average molecular weight is 383 g/mol. The highest BCUT2D eigenvalue weighted by Crippen LogP contribution is 2.39. The van der Waals surface area contributed by atoms with E-state index in [1.807, 2.05) is 37.1 Å². The van der Waals surface area contributed by atoms with Gasteiger partial charge >= 0.3 is 0 Å². The molecule has 2 heterocycles. The van der Waals surface area contributed by atoms with Crippen molar-refractivity contribution >= 4 is 11.6 Å². The van der Waals surface area contributed by atoms with Crippen molar-refractivity contribution in [2.45, 2.75) is 19.4 Å². The van der Waals surface area contributed by atoms with Gasteiger partial charge in [0.2, 0.25) is 6.79 Å². The highest BCUT2D eigenvalue weighted by atomic mass is 19.1. The van der Waals surface area contributed by atoms with Gasteiger partial charge in [0.25, 0.3) is 5.91 Å². The third kappa shape index (κ3) is 3.45. The Kier molecular flexibility index (Phi) is 5.00. The van der Waals surface area contributed by atoms with E-state index < -0.39 is 0 Å². The second-order valence-electron chi connectivity index (χ2n) is 6.93. The largest absolute Gasteiger partial charge is 0.454 e. The van der Waals surface area contributed by atoms with Gasteiger partial charge in [-0.15, -0.1) is 0 Å². The molecular weight excluding hydrogens is 361 g/mol. The van der Waals surface area contributed by atoms with Crippen molar-refractivity contribution in [1.82, 2.24) is 9.91 Å². The van der Waals surface area contributed by atoms with Crippen molar-refractivity contribution in [2.75, 3.05) is 26.9 Å². The predicted molar refractivity (Wildman–Crippen MR) is 103 cm³/mol. The first-order valence-electron chi connectivity index (χ1n) is 9.29. The number of ether oxygens (including phenoxy) is 2. The van der Waals surface area contributed by atoms with Crippen LogP contribution in [0, 0.1) is 5.82 Å². The van der Waals surface area contributed by atoms with Gasteiger partial charge in [-0.1, -0.05) is 31.2 Å². The number of fused-ring (bicyclic) bond motifs is 1. The fourth-order valence-electron chi connectivity index (χ4n) is 3.39. The summed E-state index contributed by atoms with van der Waals surface area (Å²) in [6, 6.07) is 11.8. The van der Waals surface area contributed by atoms with Gasteiger partial charge < -0.3 is 9.47 Å². The van der Waals surface area contributed by atoms with Crippen LogP contribution in [-0.4, -0.2) is 48.5 Å². The Morgan fingerprint density at radius 1 is 1.25 bits per heavy atom. The van der Waals surface area contributed by atoms with Crippen molar-refractivity contribution in [3.8, 4) is 11.5 Å². The summed E-state index contributed by atoms with van der Waals surface area (Å²) < 4.78 is 25.2. The summed E-state index contributed by atoms with van der Waals surface area (Å²) in [7, 11) is 1.88. The quantitative estimate of drug-likeness (QED) is 0.796. The number of rotatable bonds is 5. The minimum Gasteiger partial charge on any atom is -0.454 e. The zero-order chi connectivity index (χ0) is 19.7. The lowest BCUT2D eigenvalue weighted by atomic mass is 9.97. The number of benzene rings is 2. The normalized spacial score (nSPS) is 17.9. The van der Waals surface area contributed by atoms with Crippen LogP contribution in [0.25, 0.3) is 0 Å². The van der Waals surface area contributed by atoms with E-state index in [0.29, 0.717) is 29.2 Å². The van der Waals surface area contributed by atoms with Gasteiger partial charge in [-0.3, -0.25) is 9.69 Å². The van der Waals surface area contributed by atoms with Crippen LogP contribution >= 0.6 is 0 Å². The molecule has 6 nitrogen and oxygen atoms in total. The molecule has 0 aliphatic carbocycles. The molecule has 0 saturated heterocycles. The molecule has 1 amide bonds. The summed E-state index contributed by atoms with van der Waals surface area (Å²) in [6.07, 6.45) is 0.433. The van der Waals surface area contributed by atoms with E-state index in [0.717, 1.165) is 12.1 Å². The van der Waals surface area contributed by atoms with Crippen LogP contribution in [0.3, 0.4) is 0 Å². The van der Waals surface area contributed by atoms with Crippen molar-refractivity contribution in [1.29, 1.82) is 0 Å². The lowest BCUT2D eigenvalue weighted by Gasteiger charge is -2.24. The number of nitrogens with zero attached hydrogens (tertiary/aromatic N) is 3. The SMILES string of the molecule is CCN(C)CC(=O)N1N=C(c2ccccc2F)CC1c1ccc2c(c1)OCO2. The van der Waals surface area contributed by atoms with Crippen molar-refractivity contribution < 1.29 is 18.7 Å². The number of halogens is 1. The number of carbonyl (C=O) groups excluding carboxylic acids is 1. The summed E-state index contributed by atoms with van der Waals surface area (Å²) in [4.78, 5) is 14.8. The second-order valence-corrected chi connectivity index (χ2v) is 6.93. The zero-order valence-electron chi connectivity index (χ0n) is 15.9. The second kappa shape index (κ2) is 7.59. The molecule has 1 unspecified atom stereocenters. The predicted octanol–water partition coefficient (Wildman–Crippen LogP) is 3.18. The molecule has 28 heavy (non-hydrogen) atoms. The van der Waals surface area contributed by atoms with E-state index in [2.05, 4.69) is 5.10 Å². The summed E-state index contributed by atoms with van der Waals surface area (Å²) in [5.41, 5.74) is 1.87. The Morgan fingerprint density at radius 2 is 2.04 bits per heavy atom. The van der Waals surface area contributed by atoms with E-state index in [1.165, 1.54) is 11.1 Å². The van der Waals surface area contributed by atoms with E-state index >= 15 is 0 Å². The van der Waals surface area contributed by atoms with E-state index in [1.54, 1.807) is 18.2 Å². The fourth-order valence-corrected chi connectivity index (χ4v) is 3.39. The van der Waals surface area contributed by atoms with E-state index in [4.69, 9.17) is 9.47 Å². The highest BCUT2D eigenvalue weighted by molar-refractivity contribution is 6.03. The molecule has 1 atom stereocenters. The van der Waals surface area contributed by atoms with Crippen molar-refractivity contribution in [3.63, 3.8) is 0 Å². The first-order chi connectivity index (χ1) is 13.6. The summed E-state index contributed by atoms with van der Waals surface area (Å²) >= 11 is 0. The van der Waals surface area contributed by atoms with Gasteiger partial charge in [-0.05, 0) is 37.4 Å². The van der Waals surface area contributed by atoms with Crippen LogP contribution in [0.5, 0.6) is 11.5 Å². The molecule has 2 aromatic carbocycles. The molecule has 0 spiro atoms. The Balaban J connectivity index is 1.68. The highest BCUT2D eigenvalue weighted by Gasteiger charge is 2.34. The van der Waals surface area contributed by atoms with E-state index in [-0.39, 0.29) is 31.1 Å². The molecular formula is C21H22FN3O3. The molecule has 0 N–H and O–H groups in total. The summed E-state index contributed by atoms with van der Waals surface area (Å²) in [5.74, 6) is 0.861. The summed E-state index contributed by atoms with van der Waals surface area (Å²) in [5, 5.41) is 6.00. The van der Waals surface area contributed by atoms with Gasteiger partial charge in [-0.2, -0.15) is 5.10 Å². The van der Waals surface area contributed by atoms with Gasteiger partial charge in [0, 0.05) is 12.0 Å². The van der Waals surface area contributed by atoms with Crippen LogP contribution in [0.1, 0.15) is 30.5 Å². The maximum atomic E-state index is 14.3. The number of likely N-dealkylation sites (N-methyl/N-ethyl adjacent to an activating group) is 1. The first kappa shape index (κ1) is 18.4. The number of hydrogen-bond acceptors (Lipinski definition) is 5. The zero-order valence-corrected chi connectivity index (χ0v) is 15.9. The standard InChI is InChI=1S/C21H22FN3O3/c1-3-24(2)12-21(26)25-18(14-8-9-19-20(10-14)28-13-27-19)11-17(23-25)15-6-4-5-7-16(15)22/h4-10,18H,3,11-13H2,1-2H3. The van der Waals surface area contributed by atoms with Crippen LogP contribution < -0.4 is 9.47 Å². The van der Waals surface area contributed by atoms with Crippen LogP contribution in [0.15, 0.2) is 47.6 Å².